The lowest BCUT2D eigenvalue weighted by molar-refractivity contribution is -0.122. The van der Waals surface area contributed by atoms with Crippen molar-refractivity contribution < 1.29 is 13.9 Å². The molecule has 4 nitrogen and oxygen atoms in total. The van der Waals surface area contributed by atoms with Crippen LogP contribution in [-0.4, -0.2) is 12.0 Å². The van der Waals surface area contributed by atoms with Crippen LogP contribution in [0.4, 0.5) is 10.1 Å². The highest BCUT2D eigenvalue weighted by Gasteiger charge is 2.17. The molecule has 0 saturated carbocycles. The van der Waals surface area contributed by atoms with E-state index in [2.05, 4.69) is 5.32 Å². The van der Waals surface area contributed by atoms with Crippen molar-refractivity contribution in [1.29, 1.82) is 5.26 Å². The molecule has 2 aromatic rings. The molecule has 1 amide bonds. The molecule has 0 saturated heterocycles. The molecule has 0 fully saturated rings. The highest BCUT2D eigenvalue weighted by Crippen LogP contribution is 2.19. The number of para-hydroxylation sites is 1. The van der Waals surface area contributed by atoms with E-state index in [0.717, 1.165) is 6.07 Å². The molecule has 2 aromatic carbocycles. The molecule has 106 valence electrons. The first-order valence-corrected chi connectivity index (χ1v) is 6.32. The number of halogens is 1. The third-order valence-corrected chi connectivity index (χ3v) is 2.78. The van der Waals surface area contributed by atoms with Crippen LogP contribution in [0.1, 0.15) is 12.5 Å². The molecule has 5 heteroatoms. The maximum atomic E-state index is 13.7. The Morgan fingerprint density at radius 1 is 1.29 bits per heavy atom. The number of carbonyl (C=O) groups is 1. The number of benzene rings is 2. The maximum absolute atomic E-state index is 13.7. The number of amides is 1. The quantitative estimate of drug-likeness (QED) is 0.938. The summed E-state index contributed by atoms with van der Waals surface area (Å²) in [5.41, 5.74) is 0.833. The smallest absolute Gasteiger partial charge is 0.265 e. The second-order valence-corrected chi connectivity index (χ2v) is 4.37. The van der Waals surface area contributed by atoms with Crippen molar-refractivity contribution >= 4 is 11.6 Å². The molecule has 0 aliphatic rings. The molecule has 0 heterocycles. The van der Waals surface area contributed by atoms with Gasteiger partial charge in [-0.25, -0.2) is 4.39 Å². The van der Waals surface area contributed by atoms with Crippen LogP contribution in [0.5, 0.6) is 5.75 Å². The molecule has 1 unspecified atom stereocenters. The van der Waals surface area contributed by atoms with Gasteiger partial charge < -0.3 is 10.1 Å². The highest BCUT2D eigenvalue weighted by molar-refractivity contribution is 5.94. The van der Waals surface area contributed by atoms with Gasteiger partial charge >= 0.3 is 0 Å². The third kappa shape index (κ3) is 3.80. The second kappa shape index (κ2) is 6.53. The van der Waals surface area contributed by atoms with Gasteiger partial charge in [0.05, 0.1) is 11.6 Å². The molecule has 21 heavy (non-hydrogen) atoms. The van der Waals surface area contributed by atoms with Gasteiger partial charge in [0, 0.05) is 5.69 Å². The predicted molar refractivity (Wildman–Crippen MR) is 76.3 cm³/mol. The number of nitriles is 1. The van der Waals surface area contributed by atoms with Crippen LogP contribution in [0, 0.1) is 17.1 Å². The lowest BCUT2D eigenvalue weighted by Crippen LogP contribution is -2.30. The summed E-state index contributed by atoms with van der Waals surface area (Å²) in [4.78, 5) is 11.9. The van der Waals surface area contributed by atoms with Gasteiger partial charge in [-0.15, -0.1) is 0 Å². The van der Waals surface area contributed by atoms with Crippen molar-refractivity contribution in [1.82, 2.24) is 0 Å². The lowest BCUT2D eigenvalue weighted by Gasteiger charge is -2.15. The minimum absolute atomic E-state index is 0.0651. The Morgan fingerprint density at radius 3 is 2.62 bits per heavy atom. The van der Waals surface area contributed by atoms with Crippen molar-refractivity contribution in [3.05, 3.63) is 59.9 Å². The van der Waals surface area contributed by atoms with Crippen LogP contribution in [0.2, 0.25) is 0 Å². The van der Waals surface area contributed by atoms with Crippen molar-refractivity contribution in [2.24, 2.45) is 0 Å². The molecule has 0 aliphatic heterocycles. The fraction of sp³-hybridized carbons (Fsp3) is 0.125. The second-order valence-electron chi connectivity index (χ2n) is 4.37. The van der Waals surface area contributed by atoms with Crippen LogP contribution in [0.15, 0.2) is 48.5 Å². The largest absolute Gasteiger partial charge is 0.478 e. The van der Waals surface area contributed by atoms with Gasteiger partial charge in [0.15, 0.2) is 17.7 Å². The van der Waals surface area contributed by atoms with E-state index in [1.807, 2.05) is 12.1 Å². The van der Waals surface area contributed by atoms with E-state index in [1.54, 1.807) is 24.3 Å². The van der Waals surface area contributed by atoms with Gasteiger partial charge in [-0.3, -0.25) is 4.79 Å². The molecule has 0 radical (unpaired) electrons. The van der Waals surface area contributed by atoms with E-state index in [4.69, 9.17) is 10.00 Å². The Labute approximate surface area is 121 Å². The van der Waals surface area contributed by atoms with Gasteiger partial charge in [0.1, 0.15) is 0 Å². The van der Waals surface area contributed by atoms with Crippen LogP contribution >= 0.6 is 0 Å². The van der Waals surface area contributed by atoms with Crippen molar-refractivity contribution in [3.8, 4) is 11.8 Å². The fourth-order valence-electron chi connectivity index (χ4n) is 1.68. The molecular weight excluding hydrogens is 271 g/mol. The first-order chi connectivity index (χ1) is 10.1. The summed E-state index contributed by atoms with van der Waals surface area (Å²) in [6.45, 7) is 1.52. The minimum Gasteiger partial charge on any atom is -0.478 e. The van der Waals surface area contributed by atoms with Gasteiger partial charge in [0.25, 0.3) is 5.91 Å². The summed E-state index contributed by atoms with van der Waals surface area (Å²) < 4.78 is 19.0. The molecule has 0 aliphatic carbocycles. The Balaban J connectivity index is 2.02. The summed E-state index contributed by atoms with van der Waals surface area (Å²) in [5.74, 6) is -1.12. The van der Waals surface area contributed by atoms with Crippen molar-refractivity contribution in [3.63, 3.8) is 0 Å². The predicted octanol–water partition coefficient (Wildman–Crippen LogP) is 3.10. The summed E-state index contributed by atoms with van der Waals surface area (Å²) in [6, 6.07) is 14.6. The molecule has 2 rings (SSSR count). The van der Waals surface area contributed by atoms with Gasteiger partial charge in [-0.05, 0) is 37.3 Å². The van der Waals surface area contributed by atoms with E-state index in [-0.39, 0.29) is 17.2 Å². The zero-order valence-corrected chi connectivity index (χ0v) is 11.3. The Morgan fingerprint density at radius 2 is 2.00 bits per heavy atom. The third-order valence-electron chi connectivity index (χ3n) is 2.78. The standard InChI is InChI=1S/C16H13FN2O2/c1-11(16(20)19-13-5-3-2-4-6-13)21-15-8-7-12(10-18)9-14(15)17/h2-9,11H,1H3,(H,19,20). The van der Waals surface area contributed by atoms with E-state index in [0.29, 0.717) is 5.69 Å². The summed E-state index contributed by atoms with van der Waals surface area (Å²) in [7, 11) is 0. The molecule has 1 atom stereocenters. The number of nitrogens with zero attached hydrogens (tertiary/aromatic N) is 1. The number of anilines is 1. The Bertz CT molecular complexity index is 680. The summed E-state index contributed by atoms with van der Waals surface area (Å²) in [6.07, 6.45) is -0.868. The van der Waals surface area contributed by atoms with Crippen LogP contribution in [0.25, 0.3) is 0 Å². The van der Waals surface area contributed by atoms with Crippen LogP contribution in [0.3, 0.4) is 0 Å². The van der Waals surface area contributed by atoms with Crippen LogP contribution < -0.4 is 10.1 Å². The van der Waals surface area contributed by atoms with E-state index < -0.39 is 11.9 Å². The van der Waals surface area contributed by atoms with Crippen LogP contribution in [-0.2, 0) is 4.79 Å². The Hall–Kier alpha value is -2.87. The molecular formula is C16H13FN2O2. The number of hydrogen-bond acceptors (Lipinski definition) is 3. The van der Waals surface area contributed by atoms with E-state index >= 15 is 0 Å². The molecule has 0 aromatic heterocycles. The van der Waals surface area contributed by atoms with Gasteiger partial charge in [0.2, 0.25) is 0 Å². The molecule has 0 spiro atoms. The average Bonchev–Trinajstić information content (AvgIpc) is 2.50. The zero-order chi connectivity index (χ0) is 15.2. The SMILES string of the molecule is CC(Oc1ccc(C#N)cc1F)C(=O)Nc1ccccc1. The number of hydrogen-bond donors (Lipinski definition) is 1. The van der Waals surface area contributed by atoms with Gasteiger partial charge in [-0.2, -0.15) is 5.26 Å². The minimum atomic E-state index is -0.868. The number of rotatable bonds is 4. The first-order valence-electron chi connectivity index (χ1n) is 6.32. The van der Waals surface area contributed by atoms with E-state index in [9.17, 15) is 9.18 Å². The van der Waals surface area contributed by atoms with Gasteiger partial charge in [-0.1, -0.05) is 18.2 Å². The average molecular weight is 284 g/mol. The van der Waals surface area contributed by atoms with E-state index in [1.165, 1.54) is 19.1 Å². The highest BCUT2D eigenvalue weighted by atomic mass is 19.1. The zero-order valence-electron chi connectivity index (χ0n) is 11.3. The molecule has 0 bridgehead atoms. The summed E-state index contributed by atoms with van der Waals surface area (Å²) in [5, 5.41) is 11.3. The first kappa shape index (κ1) is 14.5. The number of ether oxygens (including phenoxy) is 1. The Kier molecular flexibility index (Phi) is 4.52. The lowest BCUT2D eigenvalue weighted by atomic mass is 10.2. The summed E-state index contributed by atoms with van der Waals surface area (Å²) >= 11 is 0. The van der Waals surface area contributed by atoms with Crippen molar-refractivity contribution in [2.75, 3.05) is 5.32 Å². The normalized spacial score (nSPS) is 11.3. The number of nitrogens with one attached hydrogen (secondary N) is 1. The number of carbonyl (C=O) groups excluding carboxylic acids is 1. The monoisotopic (exact) mass is 284 g/mol. The topological polar surface area (TPSA) is 62.1 Å². The fourth-order valence-corrected chi connectivity index (χ4v) is 1.68. The van der Waals surface area contributed by atoms with Crippen molar-refractivity contribution in [2.45, 2.75) is 13.0 Å². The molecule has 1 N–H and O–H groups in total. The maximum Gasteiger partial charge on any atom is 0.265 e.